The summed E-state index contributed by atoms with van der Waals surface area (Å²) >= 11 is 0. The van der Waals surface area contributed by atoms with Gasteiger partial charge in [-0.15, -0.1) is 0 Å². The average molecular weight is 215 g/mol. The van der Waals surface area contributed by atoms with E-state index in [1.54, 1.807) is 7.11 Å². The van der Waals surface area contributed by atoms with E-state index < -0.39 is 0 Å². The standard InChI is InChI=1S/C12H25NO2/c1-10-8-12(9-11(2)15-10)13-6-4-5-7-14-3/h10-13H,4-9H2,1-3H3. The zero-order chi connectivity index (χ0) is 11.1. The van der Waals surface area contributed by atoms with Crippen molar-refractivity contribution in [3.63, 3.8) is 0 Å². The summed E-state index contributed by atoms with van der Waals surface area (Å²) < 4.78 is 10.7. The number of rotatable bonds is 6. The van der Waals surface area contributed by atoms with Crippen molar-refractivity contribution in [2.24, 2.45) is 0 Å². The van der Waals surface area contributed by atoms with Crippen molar-refractivity contribution in [2.45, 2.75) is 57.8 Å². The van der Waals surface area contributed by atoms with Crippen LogP contribution >= 0.6 is 0 Å². The largest absolute Gasteiger partial charge is 0.385 e. The second-order valence-electron chi connectivity index (χ2n) is 4.58. The van der Waals surface area contributed by atoms with E-state index in [4.69, 9.17) is 9.47 Å². The summed E-state index contributed by atoms with van der Waals surface area (Å²) in [5, 5.41) is 3.61. The predicted molar refractivity (Wildman–Crippen MR) is 62.1 cm³/mol. The highest BCUT2D eigenvalue weighted by Gasteiger charge is 2.23. The summed E-state index contributed by atoms with van der Waals surface area (Å²) in [6, 6.07) is 0.645. The van der Waals surface area contributed by atoms with Gasteiger partial charge in [-0.2, -0.15) is 0 Å². The molecule has 0 aliphatic carbocycles. The van der Waals surface area contributed by atoms with Crippen LogP contribution in [0.1, 0.15) is 39.5 Å². The Bertz CT molecular complexity index is 154. The smallest absolute Gasteiger partial charge is 0.0565 e. The van der Waals surface area contributed by atoms with Gasteiger partial charge in [0.25, 0.3) is 0 Å². The summed E-state index contributed by atoms with van der Waals surface area (Å²) in [6.45, 7) is 6.31. The Morgan fingerprint density at radius 2 is 1.87 bits per heavy atom. The molecule has 2 atom stereocenters. The lowest BCUT2D eigenvalue weighted by Gasteiger charge is -2.32. The van der Waals surface area contributed by atoms with Crippen molar-refractivity contribution in [1.82, 2.24) is 5.32 Å². The maximum Gasteiger partial charge on any atom is 0.0565 e. The average Bonchev–Trinajstić information content (AvgIpc) is 2.16. The lowest BCUT2D eigenvalue weighted by atomic mass is 10.00. The van der Waals surface area contributed by atoms with Crippen LogP contribution in [0.2, 0.25) is 0 Å². The molecule has 3 nitrogen and oxygen atoms in total. The Morgan fingerprint density at radius 1 is 1.20 bits per heavy atom. The third-order valence-corrected chi connectivity index (χ3v) is 2.91. The molecule has 0 aromatic rings. The molecule has 1 rings (SSSR count). The minimum atomic E-state index is 0.408. The first-order valence-electron chi connectivity index (χ1n) is 6.10. The minimum Gasteiger partial charge on any atom is -0.385 e. The SMILES string of the molecule is COCCCCNC1CC(C)OC(C)C1. The van der Waals surface area contributed by atoms with Crippen LogP contribution in [0.3, 0.4) is 0 Å². The molecule has 0 bridgehead atoms. The molecule has 2 unspecified atom stereocenters. The summed E-state index contributed by atoms with van der Waals surface area (Å²) in [5.74, 6) is 0. The van der Waals surface area contributed by atoms with Gasteiger partial charge in [0.15, 0.2) is 0 Å². The first kappa shape index (κ1) is 12.9. The number of ether oxygens (including phenoxy) is 2. The molecule has 0 aromatic carbocycles. The van der Waals surface area contributed by atoms with E-state index in [0.29, 0.717) is 18.2 Å². The van der Waals surface area contributed by atoms with Gasteiger partial charge in [0.1, 0.15) is 0 Å². The van der Waals surface area contributed by atoms with Crippen LogP contribution in [-0.2, 0) is 9.47 Å². The third-order valence-electron chi connectivity index (χ3n) is 2.91. The molecular formula is C12H25NO2. The van der Waals surface area contributed by atoms with Crippen molar-refractivity contribution >= 4 is 0 Å². The van der Waals surface area contributed by atoms with Gasteiger partial charge in [0.2, 0.25) is 0 Å². The van der Waals surface area contributed by atoms with E-state index in [0.717, 1.165) is 32.4 Å². The Balaban J connectivity index is 2.04. The fourth-order valence-electron chi connectivity index (χ4n) is 2.25. The van der Waals surface area contributed by atoms with E-state index in [-0.39, 0.29) is 0 Å². The second-order valence-corrected chi connectivity index (χ2v) is 4.58. The molecule has 3 heteroatoms. The highest BCUT2D eigenvalue weighted by molar-refractivity contribution is 4.78. The zero-order valence-electron chi connectivity index (χ0n) is 10.3. The van der Waals surface area contributed by atoms with Crippen LogP contribution in [0.5, 0.6) is 0 Å². The van der Waals surface area contributed by atoms with Gasteiger partial charge >= 0.3 is 0 Å². The molecule has 0 saturated carbocycles. The molecule has 15 heavy (non-hydrogen) atoms. The van der Waals surface area contributed by atoms with Crippen LogP contribution in [0, 0.1) is 0 Å². The first-order chi connectivity index (χ1) is 7.22. The van der Waals surface area contributed by atoms with E-state index in [9.17, 15) is 0 Å². The van der Waals surface area contributed by atoms with Gasteiger partial charge in [-0.1, -0.05) is 0 Å². The van der Waals surface area contributed by atoms with E-state index >= 15 is 0 Å². The molecule has 1 saturated heterocycles. The quantitative estimate of drug-likeness (QED) is 0.687. The summed E-state index contributed by atoms with van der Waals surface area (Å²) in [6.07, 6.45) is 5.46. The Hall–Kier alpha value is -0.120. The second kappa shape index (κ2) is 7.20. The van der Waals surface area contributed by atoms with Crippen LogP contribution in [-0.4, -0.2) is 38.5 Å². The maximum absolute atomic E-state index is 5.70. The molecule has 0 spiro atoms. The van der Waals surface area contributed by atoms with Crippen LogP contribution < -0.4 is 5.32 Å². The fourth-order valence-corrected chi connectivity index (χ4v) is 2.25. The van der Waals surface area contributed by atoms with Gasteiger partial charge in [0, 0.05) is 19.8 Å². The van der Waals surface area contributed by atoms with E-state index in [1.807, 2.05) is 0 Å². The Labute approximate surface area is 93.5 Å². The van der Waals surface area contributed by atoms with Gasteiger partial charge in [0.05, 0.1) is 12.2 Å². The molecule has 1 heterocycles. The molecular weight excluding hydrogens is 190 g/mol. The normalized spacial score (nSPS) is 31.8. The molecule has 90 valence electrons. The molecule has 1 aliphatic heterocycles. The molecule has 1 aliphatic rings. The van der Waals surface area contributed by atoms with Crippen molar-refractivity contribution in [1.29, 1.82) is 0 Å². The van der Waals surface area contributed by atoms with Crippen molar-refractivity contribution in [3.05, 3.63) is 0 Å². The van der Waals surface area contributed by atoms with Crippen molar-refractivity contribution < 1.29 is 9.47 Å². The minimum absolute atomic E-state index is 0.408. The highest BCUT2D eigenvalue weighted by Crippen LogP contribution is 2.18. The van der Waals surface area contributed by atoms with Crippen LogP contribution in [0.15, 0.2) is 0 Å². The number of hydrogen-bond donors (Lipinski definition) is 1. The molecule has 0 aromatic heterocycles. The zero-order valence-corrected chi connectivity index (χ0v) is 10.3. The fraction of sp³-hybridized carbons (Fsp3) is 1.00. The van der Waals surface area contributed by atoms with Crippen molar-refractivity contribution in [2.75, 3.05) is 20.3 Å². The molecule has 1 N–H and O–H groups in total. The number of unbranched alkanes of at least 4 members (excludes halogenated alkanes) is 1. The third kappa shape index (κ3) is 5.50. The lowest BCUT2D eigenvalue weighted by Crippen LogP contribution is -2.41. The van der Waals surface area contributed by atoms with Gasteiger partial charge in [-0.05, 0) is 46.1 Å². The monoisotopic (exact) mass is 215 g/mol. The highest BCUT2D eigenvalue weighted by atomic mass is 16.5. The number of hydrogen-bond acceptors (Lipinski definition) is 3. The Kier molecular flexibility index (Phi) is 6.22. The Morgan fingerprint density at radius 3 is 2.47 bits per heavy atom. The topological polar surface area (TPSA) is 30.5 Å². The maximum atomic E-state index is 5.70. The summed E-state index contributed by atoms with van der Waals surface area (Å²) in [7, 11) is 1.76. The van der Waals surface area contributed by atoms with Crippen LogP contribution in [0.25, 0.3) is 0 Å². The lowest BCUT2D eigenvalue weighted by molar-refractivity contribution is -0.0420. The van der Waals surface area contributed by atoms with Crippen LogP contribution in [0.4, 0.5) is 0 Å². The van der Waals surface area contributed by atoms with Gasteiger partial charge in [-0.3, -0.25) is 0 Å². The number of nitrogens with one attached hydrogen (secondary N) is 1. The van der Waals surface area contributed by atoms with Gasteiger partial charge < -0.3 is 14.8 Å². The molecule has 1 fully saturated rings. The number of methoxy groups -OCH3 is 1. The van der Waals surface area contributed by atoms with E-state index in [2.05, 4.69) is 19.2 Å². The van der Waals surface area contributed by atoms with Gasteiger partial charge in [-0.25, -0.2) is 0 Å². The van der Waals surface area contributed by atoms with E-state index in [1.165, 1.54) is 6.42 Å². The summed E-state index contributed by atoms with van der Waals surface area (Å²) in [4.78, 5) is 0. The summed E-state index contributed by atoms with van der Waals surface area (Å²) in [5.41, 5.74) is 0. The molecule has 0 radical (unpaired) electrons. The first-order valence-corrected chi connectivity index (χ1v) is 6.10. The van der Waals surface area contributed by atoms with Crippen molar-refractivity contribution in [3.8, 4) is 0 Å². The predicted octanol–water partition coefficient (Wildman–Crippen LogP) is 1.96. The molecule has 0 amide bonds.